The molecule has 2 N–H and O–H groups in total. The lowest BCUT2D eigenvalue weighted by Crippen LogP contribution is -2.31. The topological polar surface area (TPSA) is 58.6 Å². The first-order valence-electron chi connectivity index (χ1n) is 4.14. The van der Waals surface area contributed by atoms with Crippen molar-refractivity contribution in [3.05, 3.63) is 0 Å². The average molecular weight is 173 g/mol. The molecule has 4 nitrogen and oxygen atoms in total. The number of carboxylic acids is 1. The number of methoxy groups -OCH3 is 1. The van der Waals surface area contributed by atoms with Gasteiger partial charge in [0.25, 0.3) is 0 Å². The predicted molar refractivity (Wildman–Crippen MR) is 44.0 cm³/mol. The Morgan fingerprint density at radius 1 is 1.67 bits per heavy atom. The highest BCUT2D eigenvalue weighted by Gasteiger charge is 2.49. The normalized spacial score (nSPS) is 19.1. The van der Waals surface area contributed by atoms with E-state index < -0.39 is 11.4 Å². The van der Waals surface area contributed by atoms with Crippen LogP contribution >= 0.6 is 0 Å². The SMILES string of the molecule is COCCNCC1(C(=O)O)CC1. The molecule has 70 valence electrons. The van der Waals surface area contributed by atoms with E-state index in [1.165, 1.54) is 0 Å². The van der Waals surface area contributed by atoms with Gasteiger partial charge in [0.05, 0.1) is 12.0 Å². The van der Waals surface area contributed by atoms with Gasteiger partial charge in [0, 0.05) is 20.2 Å². The van der Waals surface area contributed by atoms with E-state index in [0.29, 0.717) is 13.2 Å². The highest BCUT2D eigenvalue weighted by atomic mass is 16.5. The summed E-state index contributed by atoms with van der Waals surface area (Å²) in [4.78, 5) is 10.7. The van der Waals surface area contributed by atoms with Gasteiger partial charge in [-0.3, -0.25) is 4.79 Å². The Morgan fingerprint density at radius 2 is 2.33 bits per heavy atom. The van der Waals surface area contributed by atoms with E-state index in [1.807, 2.05) is 0 Å². The van der Waals surface area contributed by atoms with E-state index in [4.69, 9.17) is 9.84 Å². The van der Waals surface area contributed by atoms with Gasteiger partial charge >= 0.3 is 5.97 Å². The number of carbonyl (C=O) groups is 1. The molecule has 1 fully saturated rings. The molecule has 1 saturated carbocycles. The summed E-state index contributed by atoms with van der Waals surface area (Å²) in [6.45, 7) is 1.94. The fraction of sp³-hybridized carbons (Fsp3) is 0.875. The van der Waals surface area contributed by atoms with Crippen LogP contribution in [0.15, 0.2) is 0 Å². The minimum absolute atomic E-state index is 0.451. The van der Waals surface area contributed by atoms with Crippen LogP contribution in [0, 0.1) is 5.41 Å². The van der Waals surface area contributed by atoms with Gasteiger partial charge in [-0.15, -0.1) is 0 Å². The number of carboxylic acid groups (broad SMARTS) is 1. The van der Waals surface area contributed by atoms with Gasteiger partial charge in [0.2, 0.25) is 0 Å². The van der Waals surface area contributed by atoms with Crippen molar-refractivity contribution in [2.24, 2.45) is 5.41 Å². The van der Waals surface area contributed by atoms with Crippen LogP contribution in [0.25, 0.3) is 0 Å². The maximum atomic E-state index is 10.7. The second kappa shape index (κ2) is 3.87. The molecule has 1 aliphatic carbocycles. The first kappa shape index (κ1) is 9.48. The summed E-state index contributed by atoms with van der Waals surface area (Å²) in [6, 6.07) is 0. The standard InChI is InChI=1S/C8H15NO3/c1-12-5-4-9-6-8(2-3-8)7(10)11/h9H,2-6H2,1H3,(H,10,11). The molecule has 0 spiro atoms. The van der Waals surface area contributed by atoms with Crippen molar-refractivity contribution in [3.63, 3.8) is 0 Å². The van der Waals surface area contributed by atoms with Gasteiger partial charge in [-0.25, -0.2) is 0 Å². The third kappa shape index (κ3) is 2.19. The fourth-order valence-corrected chi connectivity index (χ4v) is 1.12. The summed E-state index contributed by atoms with van der Waals surface area (Å²) in [5, 5.41) is 11.9. The lowest BCUT2D eigenvalue weighted by Gasteiger charge is -2.09. The highest BCUT2D eigenvalue weighted by molar-refractivity contribution is 5.78. The molecule has 0 heterocycles. The van der Waals surface area contributed by atoms with Crippen molar-refractivity contribution >= 4 is 5.97 Å². The lowest BCUT2D eigenvalue weighted by molar-refractivity contribution is -0.143. The lowest BCUT2D eigenvalue weighted by atomic mass is 10.1. The predicted octanol–water partition coefficient (Wildman–Crippen LogP) is 0.0872. The molecule has 0 amide bonds. The molecule has 0 radical (unpaired) electrons. The van der Waals surface area contributed by atoms with Crippen molar-refractivity contribution in [1.82, 2.24) is 5.32 Å². The summed E-state index contributed by atoms with van der Waals surface area (Å²) in [5.41, 5.74) is -0.451. The quantitative estimate of drug-likeness (QED) is 0.559. The number of hydrogen-bond acceptors (Lipinski definition) is 3. The third-order valence-electron chi connectivity index (χ3n) is 2.25. The van der Waals surface area contributed by atoms with Crippen LogP contribution < -0.4 is 5.32 Å². The molecule has 12 heavy (non-hydrogen) atoms. The Morgan fingerprint density at radius 3 is 2.75 bits per heavy atom. The smallest absolute Gasteiger partial charge is 0.310 e. The van der Waals surface area contributed by atoms with Gasteiger partial charge in [0.15, 0.2) is 0 Å². The second-order valence-electron chi connectivity index (χ2n) is 3.26. The van der Waals surface area contributed by atoms with Gasteiger partial charge < -0.3 is 15.2 Å². The van der Waals surface area contributed by atoms with E-state index in [0.717, 1.165) is 19.4 Å². The molecule has 1 aliphatic rings. The summed E-state index contributed by atoms with van der Waals surface area (Å²) in [6.07, 6.45) is 1.62. The van der Waals surface area contributed by atoms with Crippen LogP contribution in [0.1, 0.15) is 12.8 Å². The Hall–Kier alpha value is -0.610. The summed E-state index contributed by atoms with van der Waals surface area (Å²) >= 11 is 0. The van der Waals surface area contributed by atoms with E-state index in [2.05, 4.69) is 5.32 Å². The summed E-state index contributed by atoms with van der Waals surface area (Å²) in [5.74, 6) is -0.674. The van der Waals surface area contributed by atoms with Crippen molar-refractivity contribution in [1.29, 1.82) is 0 Å². The monoisotopic (exact) mass is 173 g/mol. The summed E-state index contributed by atoms with van der Waals surface area (Å²) < 4.78 is 4.83. The van der Waals surface area contributed by atoms with Gasteiger partial charge in [-0.05, 0) is 12.8 Å². The molecule has 0 aromatic rings. The van der Waals surface area contributed by atoms with E-state index in [1.54, 1.807) is 7.11 Å². The van der Waals surface area contributed by atoms with E-state index >= 15 is 0 Å². The van der Waals surface area contributed by atoms with Crippen LogP contribution in [-0.2, 0) is 9.53 Å². The van der Waals surface area contributed by atoms with Crippen molar-refractivity contribution in [2.45, 2.75) is 12.8 Å². The van der Waals surface area contributed by atoms with Crippen molar-refractivity contribution in [2.75, 3.05) is 26.8 Å². The number of aliphatic carboxylic acids is 1. The molecule has 4 heteroatoms. The first-order valence-corrected chi connectivity index (χ1v) is 4.14. The van der Waals surface area contributed by atoms with Crippen molar-refractivity contribution < 1.29 is 14.6 Å². The Bertz CT molecular complexity index is 166. The number of hydrogen-bond donors (Lipinski definition) is 2. The number of nitrogens with one attached hydrogen (secondary N) is 1. The first-order chi connectivity index (χ1) is 5.71. The molecule has 0 saturated heterocycles. The zero-order chi connectivity index (χ0) is 9.03. The third-order valence-corrected chi connectivity index (χ3v) is 2.25. The second-order valence-corrected chi connectivity index (χ2v) is 3.26. The van der Waals surface area contributed by atoms with Crippen LogP contribution in [0.3, 0.4) is 0 Å². The molecular formula is C8H15NO3. The van der Waals surface area contributed by atoms with Crippen LogP contribution in [0.2, 0.25) is 0 Å². The Kier molecular flexibility index (Phi) is 3.05. The fourth-order valence-electron chi connectivity index (χ4n) is 1.12. The van der Waals surface area contributed by atoms with Gasteiger partial charge in [-0.1, -0.05) is 0 Å². The maximum absolute atomic E-state index is 10.7. The molecule has 0 bridgehead atoms. The van der Waals surface area contributed by atoms with E-state index in [-0.39, 0.29) is 0 Å². The molecular weight excluding hydrogens is 158 g/mol. The zero-order valence-electron chi connectivity index (χ0n) is 7.30. The maximum Gasteiger partial charge on any atom is 0.310 e. The molecule has 0 aromatic heterocycles. The number of ether oxygens (including phenoxy) is 1. The molecule has 0 atom stereocenters. The molecule has 0 aromatic carbocycles. The Labute approximate surface area is 71.9 Å². The van der Waals surface area contributed by atoms with E-state index in [9.17, 15) is 4.79 Å². The zero-order valence-corrected chi connectivity index (χ0v) is 7.30. The van der Waals surface area contributed by atoms with Crippen LogP contribution in [-0.4, -0.2) is 37.9 Å². The Balaban J connectivity index is 2.10. The van der Waals surface area contributed by atoms with Crippen LogP contribution in [0.5, 0.6) is 0 Å². The minimum atomic E-state index is -0.674. The average Bonchev–Trinajstić information content (AvgIpc) is 2.79. The largest absolute Gasteiger partial charge is 0.481 e. The van der Waals surface area contributed by atoms with Gasteiger partial charge in [-0.2, -0.15) is 0 Å². The van der Waals surface area contributed by atoms with Crippen molar-refractivity contribution in [3.8, 4) is 0 Å². The molecule has 0 unspecified atom stereocenters. The molecule has 0 aliphatic heterocycles. The number of rotatable bonds is 6. The minimum Gasteiger partial charge on any atom is -0.481 e. The van der Waals surface area contributed by atoms with Crippen LogP contribution in [0.4, 0.5) is 0 Å². The van der Waals surface area contributed by atoms with Gasteiger partial charge in [0.1, 0.15) is 0 Å². The molecule has 1 rings (SSSR count). The highest BCUT2D eigenvalue weighted by Crippen LogP contribution is 2.45. The summed E-state index contributed by atoms with van der Waals surface area (Å²) in [7, 11) is 1.63.